The number of anilines is 1. The van der Waals surface area contributed by atoms with Gasteiger partial charge in [-0.3, -0.25) is 4.90 Å². The molecule has 0 aliphatic carbocycles. The number of phenolic OH excluding ortho intramolecular Hbond substituents is 1. The number of nitrogen functional groups attached to an aromatic ring is 1. The standard InChI is InChI=1S/C31H29FN6O5S/c1-17(38-30-26(29(33)34-16-35-30)27(36-38)18-12-19(32)14-20(41)13-18)28-25(22-4-2-3-5-23(22)31(42)43-28)24-7-6-21(44-24)15-37(8-10-39)9-11-40/h2-7,12-14,16-17,39-41H,8-11,15H2,1H3,(H2,33,34,35). The second kappa shape index (κ2) is 12.1. The lowest BCUT2D eigenvalue weighted by Gasteiger charge is -2.19. The van der Waals surface area contributed by atoms with Gasteiger partial charge in [0.25, 0.3) is 0 Å². The van der Waals surface area contributed by atoms with Crippen LogP contribution in [-0.4, -0.2) is 66.3 Å². The number of nitrogens with zero attached hydrogens (tertiary/aromatic N) is 5. The van der Waals surface area contributed by atoms with E-state index in [1.807, 2.05) is 36.1 Å². The Labute approximate surface area is 254 Å². The highest BCUT2D eigenvalue weighted by Crippen LogP contribution is 2.41. The molecular weight excluding hydrogens is 587 g/mol. The molecule has 1 atom stereocenters. The van der Waals surface area contributed by atoms with Gasteiger partial charge in [0.15, 0.2) is 5.65 Å². The van der Waals surface area contributed by atoms with Crippen molar-refractivity contribution >= 4 is 39.0 Å². The number of benzene rings is 2. The van der Waals surface area contributed by atoms with Crippen LogP contribution in [0.1, 0.15) is 23.6 Å². The van der Waals surface area contributed by atoms with Crippen LogP contribution in [0.5, 0.6) is 5.75 Å². The Morgan fingerprint density at radius 1 is 1.07 bits per heavy atom. The Kier molecular flexibility index (Phi) is 8.10. The molecule has 2 aromatic carbocycles. The van der Waals surface area contributed by atoms with Crippen molar-refractivity contribution in [3.63, 3.8) is 0 Å². The van der Waals surface area contributed by atoms with E-state index in [0.717, 1.165) is 15.8 Å². The molecule has 6 aromatic rings. The van der Waals surface area contributed by atoms with Gasteiger partial charge in [-0.25, -0.2) is 23.8 Å². The highest BCUT2D eigenvalue weighted by Gasteiger charge is 2.27. The average molecular weight is 617 g/mol. The van der Waals surface area contributed by atoms with Crippen molar-refractivity contribution in [2.45, 2.75) is 19.5 Å². The molecule has 0 bridgehead atoms. The van der Waals surface area contributed by atoms with Crippen molar-refractivity contribution < 1.29 is 24.1 Å². The molecule has 0 radical (unpaired) electrons. The molecule has 4 heterocycles. The fourth-order valence-corrected chi connectivity index (χ4v) is 6.54. The topological polar surface area (TPSA) is 164 Å². The summed E-state index contributed by atoms with van der Waals surface area (Å²) >= 11 is 1.51. The van der Waals surface area contributed by atoms with E-state index < -0.39 is 17.5 Å². The largest absolute Gasteiger partial charge is 0.508 e. The molecule has 13 heteroatoms. The van der Waals surface area contributed by atoms with Crippen molar-refractivity contribution in [2.75, 3.05) is 32.0 Å². The van der Waals surface area contributed by atoms with Crippen LogP contribution in [0.25, 0.3) is 43.5 Å². The number of aliphatic hydroxyl groups excluding tert-OH is 2. The predicted octanol–water partition coefficient (Wildman–Crippen LogP) is 4.15. The SMILES string of the molecule is CC(c1oc(=O)c2ccccc2c1-c1ccc(CN(CCO)CCO)s1)n1nc(-c2cc(O)cc(F)c2)c2c(N)ncnc21. The number of rotatable bonds is 10. The van der Waals surface area contributed by atoms with Crippen LogP contribution in [0.3, 0.4) is 0 Å². The van der Waals surface area contributed by atoms with Crippen LogP contribution in [0.4, 0.5) is 10.2 Å². The van der Waals surface area contributed by atoms with Crippen LogP contribution in [-0.2, 0) is 6.54 Å². The first-order chi connectivity index (χ1) is 21.3. The first kappa shape index (κ1) is 29.4. The van der Waals surface area contributed by atoms with Crippen LogP contribution >= 0.6 is 11.3 Å². The molecular formula is C31H29FN6O5S. The van der Waals surface area contributed by atoms with Gasteiger partial charge in [0.2, 0.25) is 0 Å². The van der Waals surface area contributed by atoms with Crippen LogP contribution < -0.4 is 11.4 Å². The number of halogens is 1. The number of fused-ring (bicyclic) bond motifs is 2. The monoisotopic (exact) mass is 616 g/mol. The average Bonchev–Trinajstić information content (AvgIpc) is 3.62. The summed E-state index contributed by atoms with van der Waals surface area (Å²) in [5, 5.41) is 35.2. The van der Waals surface area contributed by atoms with Gasteiger partial charge in [-0.2, -0.15) is 5.10 Å². The predicted molar refractivity (Wildman–Crippen MR) is 166 cm³/mol. The van der Waals surface area contributed by atoms with E-state index in [0.29, 0.717) is 52.8 Å². The number of thiophene rings is 1. The summed E-state index contributed by atoms with van der Waals surface area (Å²) in [5.41, 5.74) is 7.32. The number of hydrogen-bond acceptors (Lipinski definition) is 11. The molecule has 0 aliphatic heterocycles. The zero-order chi connectivity index (χ0) is 31.0. The molecule has 4 aromatic heterocycles. The summed E-state index contributed by atoms with van der Waals surface area (Å²) in [6.45, 7) is 3.11. The maximum Gasteiger partial charge on any atom is 0.343 e. The lowest BCUT2D eigenvalue weighted by atomic mass is 10.0. The van der Waals surface area contributed by atoms with Crippen LogP contribution in [0.2, 0.25) is 0 Å². The molecule has 5 N–H and O–H groups in total. The van der Waals surface area contributed by atoms with Gasteiger partial charge in [-0.1, -0.05) is 18.2 Å². The van der Waals surface area contributed by atoms with Gasteiger partial charge in [0, 0.05) is 52.0 Å². The molecule has 11 nitrogen and oxygen atoms in total. The second-order valence-corrected chi connectivity index (χ2v) is 11.5. The van der Waals surface area contributed by atoms with E-state index in [1.54, 1.807) is 16.8 Å². The van der Waals surface area contributed by atoms with Crippen LogP contribution in [0.15, 0.2) is 70.1 Å². The van der Waals surface area contributed by atoms with E-state index in [4.69, 9.17) is 15.2 Å². The minimum absolute atomic E-state index is 0.0303. The summed E-state index contributed by atoms with van der Waals surface area (Å²) < 4.78 is 21.9. The summed E-state index contributed by atoms with van der Waals surface area (Å²) in [7, 11) is 0. The van der Waals surface area contributed by atoms with E-state index >= 15 is 0 Å². The normalized spacial score (nSPS) is 12.5. The van der Waals surface area contributed by atoms with Gasteiger partial charge < -0.3 is 25.5 Å². The zero-order valence-corrected chi connectivity index (χ0v) is 24.5. The van der Waals surface area contributed by atoms with Crippen molar-refractivity contribution in [3.8, 4) is 27.4 Å². The Bertz CT molecular complexity index is 2010. The molecule has 6 rings (SSSR count). The van der Waals surface area contributed by atoms with Gasteiger partial charge >= 0.3 is 5.63 Å². The minimum atomic E-state index is -0.694. The smallest absolute Gasteiger partial charge is 0.343 e. The molecule has 226 valence electrons. The van der Waals surface area contributed by atoms with E-state index in [-0.39, 0.29) is 36.0 Å². The maximum absolute atomic E-state index is 14.3. The van der Waals surface area contributed by atoms with Gasteiger partial charge in [0.1, 0.15) is 41.2 Å². The van der Waals surface area contributed by atoms with E-state index in [2.05, 4.69) is 9.97 Å². The number of aromatic nitrogens is 4. The molecule has 44 heavy (non-hydrogen) atoms. The first-order valence-corrected chi connectivity index (χ1v) is 14.7. The molecule has 0 aliphatic rings. The molecule has 0 amide bonds. The third-order valence-electron chi connectivity index (χ3n) is 7.41. The lowest BCUT2D eigenvalue weighted by molar-refractivity contribution is 0.157. The number of phenols is 1. The Morgan fingerprint density at radius 3 is 2.55 bits per heavy atom. The van der Waals surface area contributed by atoms with Crippen LogP contribution in [0, 0.1) is 5.82 Å². The number of aromatic hydroxyl groups is 1. The zero-order valence-electron chi connectivity index (χ0n) is 23.6. The van der Waals surface area contributed by atoms with E-state index in [1.165, 1.54) is 29.8 Å². The third kappa shape index (κ3) is 5.42. The third-order valence-corrected chi connectivity index (χ3v) is 8.49. The van der Waals surface area contributed by atoms with Crippen molar-refractivity contribution in [2.24, 2.45) is 0 Å². The molecule has 0 saturated carbocycles. The first-order valence-electron chi connectivity index (χ1n) is 13.9. The quantitative estimate of drug-likeness (QED) is 0.176. The Morgan fingerprint density at radius 2 is 1.82 bits per heavy atom. The fraction of sp³-hybridized carbons (Fsp3) is 0.226. The lowest BCUT2D eigenvalue weighted by Crippen LogP contribution is -2.28. The minimum Gasteiger partial charge on any atom is -0.508 e. The Balaban J connectivity index is 1.53. The molecule has 1 unspecified atom stereocenters. The highest BCUT2D eigenvalue weighted by molar-refractivity contribution is 7.15. The summed E-state index contributed by atoms with van der Waals surface area (Å²) in [5.74, 6) is -0.483. The number of nitrogens with two attached hydrogens (primary N) is 1. The van der Waals surface area contributed by atoms with Gasteiger partial charge in [-0.05, 0) is 37.3 Å². The second-order valence-electron chi connectivity index (χ2n) is 10.3. The molecule has 0 saturated heterocycles. The van der Waals surface area contributed by atoms with E-state index in [9.17, 15) is 24.5 Å². The number of hydrogen-bond donors (Lipinski definition) is 4. The molecule has 0 spiro atoms. The summed E-state index contributed by atoms with van der Waals surface area (Å²) in [6, 6.07) is 14.0. The highest BCUT2D eigenvalue weighted by atomic mass is 32.1. The summed E-state index contributed by atoms with van der Waals surface area (Å²) in [6.07, 6.45) is 1.29. The van der Waals surface area contributed by atoms with Gasteiger partial charge in [-0.15, -0.1) is 11.3 Å². The number of aliphatic hydroxyl groups is 2. The van der Waals surface area contributed by atoms with Gasteiger partial charge in [0.05, 0.1) is 24.0 Å². The Hall–Kier alpha value is -4.69. The van der Waals surface area contributed by atoms with Crippen molar-refractivity contribution in [1.82, 2.24) is 24.6 Å². The maximum atomic E-state index is 14.3. The fourth-order valence-electron chi connectivity index (χ4n) is 5.43. The van der Waals surface area contributed by atoms with Crippen molar-refractivity contribution in [3.05, 3.63) is 87.8 Å². The molecule has 0 fully saturated rings. The summed E-state index contributed by atoms with van der Waals surface area (Å²) in [4.78, 5) is 25.6. The van der Waals surface area contributed by atoms with Crippen molar-refractivity contribution in [1.29, 1.82) is 0 Å².